The second-order valence-corrected chi connectivity index (χ2v) is 12.5. The molecule has 3 aliphatic rings. The number of thiazole rings is 1. The van der Waals surface area contributed by atoms with Crippen LogP contribution in [-0.4, -0.2) is 60.4 Å². The number of benzene rings is 2. The minimum atomic E-state index is -1.03. The highest BCUT2D eigenvalue weighted by Gasteiger charge is 2.42. The van der Waals surface area contributed by atoms with E-state index < -0.39 is 29.8 Å². The van der Waals surface area contributed by atoms with Crippen molar-refractivity contribution in [3.63, 3.8) is 0 Å². The molecule has 0 bridgehead atoms. The summed E-state index contributed by atoms with van der Waals surface area (Å²) in [5, 5.41) is 14.2. The Hall–Kier alpha value is -4.58. The van der Waals surface area contributed by atoms with Crippen molar-refractivity contribution in [2.45, 2.75) is 51.2 Å². The Morgan fingerprint density at radius 1 is 1.09 bits per heavy atom. The van der Waals surface area contributed by atoms with Crippen LogP contribution in [0.2, 0.25) is 0 Å². The summed E-state index contributed by atoms with van der Waals surface area (Å²) in [5.74, 6) is -0.921. The molecule has 0 spiro atoms. The first-order chi connectivity index (χ1) is 21.4. The summed E-state index contributed by atoms with van der Waals surface area (Å²) >= 11 is 1.28. The topological polar surface area (TPSA) is 121 Å². The number of carboxylic acid groups (broad SMARTS) is 1. The fourth-order valence-corrected chi connectivity index (χ4v) is 7.19. The van der Waals surface area contributed by atoms with Crippen LogP contribution in [0.3, 0.4) is 0 Å². The molecule has 3 aliphatic heterocycles. The molecule has 1 fully saturated rings. The van der Waals surface area contributed by atoms with E-state index in [2.05, 4.69) is 15.3 Å². The molecule has 7 rings (SSSR count). The number of rotatable bonds is 7. The van der Waals surface area contributed by atoms with Crippen LogP contribution in [0.1, 0.15) is 58.2 Å². The third-order valence-electron chi connectivity index (χ3n) is 8.98. The number of piperidine rings is 1. The third-order valence-corrected chi connectivity index (χ3v) is 9.67. The molecule has 0 saturated carbocycles. The van der Waals surface area contributed by atoms with Gasteiger partial charge >= 0.3 is 6.09 Å². The fraction of sp³-hybridized carbons (Fsp3) is 0.344. The van der Waals surface area contributed by atoms with Crippen LogP contribution in [0.4, 0.5) is 14.3 Å². The predicted molar refractivity (Wildman–Crippen MR) is 162 cm³/mol. The number of nitrogens with zero attached hydrogens (tertiary/aromatic N) is 5. The van der Waals surface area contributed by atoms with Crippen molar-refractivity contribution in [1.29, 1.82) is 0 Å². The van der Waals surface area contributed by atoms with Gasteiger partial charge in [-0.3, -0.25) is 14.9 Å². The molecule has 0 aliphatic carbocycles. The molecular formula is C32H31FN6O4S. The number of hydrogen-bond donors (Lipinski definition) is 2. The molecule has 10 nitrogen and oxygen atoms in total. The second-order valence-electron chi connectivity index (χ2n) is 11.6. The van der Waals surface area contributed by atoms with Gasteiger partial charge < -0.3 is 19.5 Å². The van der Waals surface area contributed by atoms with E-state index in [-0.39, 0.29) is 17.7 Å². The number of carbonyl (C=O) groups is 3. The van der Waals surface area contributed by atoms with E-state index in [1.165, 1.54) is 27.2 Å². The third kappa shape index (κ3) is 5.23. The van der Waals surface area contributed by atoms with Gasteiger partial charge in [-0.25, -0.2) is 19.2 Å². The second kappa shape index (κ2) is 11.5. The number of hydrogen-bond acceptors (Lipinski definition) is 6. The molecule has 12 heteroatoms. The highest BCUT2D eigenvalue weighted by molar-refractivity contribution is 7.13. The number of fused-ring (bicyclic) bond motifs is 2. The molecular weight excluding hydrogens is 583 g/mol. The number of likely N-dealkylation sites (tertiary alicyclic amines) is 1. The lowest BCUT2D eigenvalue weighted by molar-refractivity contribution is -0.121. The predicted octanol–water partition coefficient (Wildman–Crippen LogP) is 5.36. The zero-order chi connectivity index (χ0) is 30.4. The molecule has 4 aromatic rings. The number of halogens is 1. The molecule has 2 aromatic heterocycles. The standard InChI is InChI=1S/C32H31FN6O4S/c33-25-16-22(21-5-3-19(4-6-21)14-20-7-11-37(12-8-20)32(42)43)15-23-24(25)17-39(30(23)41)28(29(40)36-31-34-9-13-44-31)27-26-2-1-10-38(26)18-35-27/h3-6,9,13,15-16,18,20,28H,1-2,7-8,10-12,14,17H2,(H,42,43)(H,34,36,40). The van der Waals surface area contributed by atoms with E-state index in [0.29, 0.717) is 35.4 Å². The van der Waals surface area contributed by atoms with Gasteiger partial charge in [0.1, 0.15) is 5.82 Å². The quantitative estimate of drug-likeness (QED) is 0.289. The van der Waals surface area contributed by atoms with Gasteiger partial charge in [0.05, 0.1) is 18.6 Å². The Balaban J connectivity index is 1.12. The van der Waals surface area contributed by atoms with Crippen LogP contribution in [0.5, 0.6) is 0 Å². The van der Waals surface area contributed by atoms with Gasteiger partial charge in [-0.2, -0.15) is 0 Å². The number of carbonyl (C=O) groups excluding carboxylic acids is 2. The van der Waals surface area contributed by atoms with Gasteiger partial charge in [0, 0.05) is 48.0 Å². The van der Waals surface area contributed by atoms with Crippen LogP contribution in [-0.2, 0) is 30.7 Å². The summed E-state index contributed by atoms with van der Waals surface area (Å²) in [6.07, 6.45) is 6.62. The van der Waals surface area contributed by atoms with Crippen molar-refractivity contribution in [3.8, 4) is 11.1 Å². The van der Waals surface area contributed by atoms with E-state index in [1.807, 2.05) is 28.8 Å². The van der Waals surface area contributed by atoms with Crippen molar-refractivity contribution in [2.75, 3.05) is 18.4 Å². The number of nitrogens with one attached hydrogen (secondary N) is 1. The van der Waals surface area contributed by atoms with Crippen LogP contribution in [0.25, 0.3) is 11.1 Å². The lowest BCUT2D eigenvalue weighted by Gasteiger charge is -2.30. The van der Waals surface area contributed by atoms with Crippen molar-refractivity contribution in [1.82, 2.24) is 24.3 Å². The Morgan fingerprint density at radius 2 is 1.89 bits per heavy atom. The first-order valence-electron chi connectivity index (χ1n) is 14.8. The number of aryl methyl sites for hydroxylation is 1. The smallest absolute Gasteiger partial charge is 0.407 e. The average molecular weight is 615 g/mol. The summed E-state index contributed by atoms with van der Waals surface area (Å²) in [4.78, 5) is 50.4. The Kier molecular flexibility index (Phi) is 7.37. The van der Waals surface area contributed by atoms with E-state index in [9.17, 15) is 19.5 Å². The lowest BCUT2D eigenvalue weighted by Crippen LogP contribution is -2.38. The molecule has 2 aromatic carbocycles. The maximum absolute atomic E-state index is 15.6. The van der Waals surface area contributed by atoms with E-state index in [1.54, 1.807) is 24.0 Å². The zero-order valence-corrected chi connectivity index (χ0v) is 24.7. The summed E-state index contributed by atoms with van der Waals surface area (Å²) in [7, 11) is 0. The maximum atomic E-state index is 15.6. The highest BCUT2D eigenvalue weighted by Crippen LogP contribution is 2.38. The molecule has 1 atom stereocenters. The van der Waals surface area contributed by atoms with Crippen molar-refractivity contribution in [2.24, 2.45) is 5.92 Å². The fourth-order valence-electron chi connectivity index (χ4n) is 6.66. The van der Waals surface area contributed by atoms with Crippen LogP contribution in [0, 0.1) is 11.7 Å². The Morgan fingerprint density at radius 3 is 2.61 bits per heavy atom. The van der Waals surface area contributed by atoms with Gasteiger partial charge in [0.25, 0.3) is 11.8 Å². The largest absolute Gasteiger partial charge is 0.465 e. The molecule has 44 heavy (non-hydrogen) atoms. The monoisotopic (exact) mass is 614 g/mol. The number of aromatic nitrogens is 3. The van der Waals surface area contributed by atoms with Crippen LogP contribution >= 0.6 is 11.3 Å². The minimum Gasteiger partial charge on any atom is -0.465 e. The first kappa shape index (κ1) is 28.2. The first-order valence-corrected chi connectivity index (χ1v) is 15.7. The molecule has 1 saturated heterocycles. The molecule has 0 radical (unpaired) electrons. The maximum Gasteiger partial charge on any atom is 0.407 e. The SMILES string of the molecule is O=C(Nc1nccs1)C(c1ncn2c1CCC2)N1Cc2c(F)cc(-c3ccc(CC4CCN(C(=O)O)CC4)cc3)cc2C1=O. The van der Waals surface area contributed by atoms with Crippen molar-refractivity contribution >= 4 is 34.4 Å². The van der Waals surface area contributed by atoms with Gasteiger partial charge in [0.2, 0.25) is 0 Å². The van der Waals surface area contributed by atoms with E-state index in [0.717, 1.165) is 55.5 Å². The van der Waals surface area contributed by atoms with E-state index >= 15 is 4.39 Å². The molecule has 226 valence electrons. The van der Waals surface area contributed by atoms with Gasteiger partial charge in [-0.05, 0) is 66.8 Å². The molecule has 1 unspecified atom stereocenters. The summed E-state index contributed by atoms with van der Waals surface area (Å²) in [6, 6.07) is 10.0. The molecule has 3 amide bonds. The minimum absolute atomic E-state index is 0.0395. The Labute approximate surface area is 257 Å². The number of anilines is 1. The summed E-state index contributed by atoms with van der Waals surface area (Å²) < 4.78 is 17.6. The van der Waals surface area contributed by atoms with Crippen LogP contribution < -0.4 is 5.32 Å². The van der Waals surface area contributed by atoms with E-state index in [4.69, 9.17) is 0 Å². The Bertz CT molecular complexity index is 1730. The average Bonchev–Trinajstić information content (AvgIpc) is 3.82. The van der Waals surface area contributed by atoms with Crippen molar-refractivity contribution in [3.05, 3.63) is 88.2 Å². The molecule has 5 heterocycles. The van der Waals surface area contributed by atoms with Crippen LogP contribution in [0.15, 0.2) is 54.3 Å². The lowest BCUT2D eigenvalue weighted by atomic mass is 9.89. The summed E-state index contributed by atoms with van der Waals surface area (Å²) in [6.45, 7) is 1.86. The zero-order valence-electron chi connectivity index (χ0n) is 23.9. The summed E-state index contributed by atoms with van der Waals surface area (Å²) in [5.41, 5.74) is 4.46. The van der Waals surface area contributed by atoms with Gasteiger partial charge in [0.15, 0.2) is 11.2 Å². The van der Waals surface area contributed by atoms with Crippen molar-refractivity contribution < 1.29 is 23.9 Å². The van der Waals surface area contributed by atoms with Gasteiger partial charge in [-0.15, -0.1) is 11.3 Å². The number of imidazole rings is 1. The molecule has 2 N–H and O–H groups in total. The normalized spacial score (nSPS) is 17.1. The highest BCUT2D eigenvalue weighted by atomic mass is 32.1. The number of amides is 3. The van der Waals surface area contributed by atoms with Gasteiger partial charge in [-0.1, -0.05) is 24.3 Å².